The smallest absolute Gasteiger partial charge is 0.290 e. The van der Waals surface area contributed by atoms with E-state index < -0.39 is 5.91 Å². The van der Waals surface area contributed by atoms with Crippen LogP contribution in [0.5, 0.6) is 0 Å². The van der Waals surface area contributed by atoms with Crippen LogP contribution in [0.4, 0.5) is 0 Å². The van der Waals surface area contributed by atoms with Crippen molar-refractivity contribution in [2.75, 3.05) is 6.54 Å². The zero-order valence-corrected chi connectivity index (χ0v) is 14.0. The zero-order chi connectivity index (χ0) is 17.4. The Kier molecular flexibility index (Phi) is 3.93. The Bertz CT molecular complexity index is 936. The van der Waals surface area contributed by atoms with Crippen LogP contribution in [0.3, 0.4) is 0 Å². The molecule has 2 N–H and O–H groups in total. The maximum absolute atomic E-state index is 11.2. The first-order valence-corrected chi connectivity index (χ1v) is 8.34. The van der Waals surface area contributed by atoms with Gasteiger partial charge in [0.25, 0.3) is 11.7 Å². The number of hydrogen-bond donors (Lipinski definition) is 1. The number of fused-ring (bicyclic) bond motifs is 1. The average molecular weight is 337 g/mol. The van der Waals surface area contributed by atoms with Crippen molar-refractivity contribution in [3.63, 3.8) is 0 Å². The number of nitrogens with two attached hydrogens (primary N) is 1. The van der Waals surface area contributed by atoms with Gasteiger partial charge in [-0.2, -0.15) is 4.98 Å². The molecule has 4 rings (SSSR count). The van der Waals surface area contributed by atoms with Crippen LogP contribution in [0.2, 0.25) is 0 Å². The van der Waals surface area contributed by atoms with Crippen LogP contribution in [-0.2, 0) is 6.54 Å². The molecule has 7 heteroatoms. The summed E-state index contributed by atoms with van der Waals surface area (Å²) in [6.45, 7) is 3.71. The maximum atomic E-state index is 11.2. The van der Waals surface area contributed by atoms with Crippen LogP contribution in [0.1, 0.15) is 46.7 Å². The fourth-order valence-electron chi connectivity index (χ4n) is 3.51. The normalized spacial score (nSPS) is 18.0. The summed E-state index contributed by atoms with van der Waals surface area (Å²) in [5.41, 5.74) is 8.45. The number of aryl methyl sites for hydroxylation is 1. The molecule has 0 saturated carbocycles. The molecule has 0 radical (unpaired) electrons. The Balaban J connectivity index is 1.64. The van der Waals surface area contributed by atoms with E-state index >= 15 is 0 Å². The molecule has 0 bridgehead atoms. The molecular weight excluding hydrogens is 318 g/mol. The number of aromatic nitrogens is 3. The Hall–Kier alpha value is -2.80. The molecule has 128 valence electrons. The van der Waals surface area contributed by atoms with E-state index in [4.69, 9.17) is 10.3 Å². The van der Waals surface area contributed by atoms with Gasteiger partial charge < -0.3 is 10.3 Å². The number of benzene rings is 1. The molecule has 1 atom stereocenters. The summed E-state index contributed by atoms with van der Waals surface area (Å²) < 4.78 is 5.27. The van der Waals surface area contributed by atoms with Gasteiger partial charge in [0, 0.05) is 17.6 Å². The van der Waals surface area contributed by atoms with Crippen LogP contribution >= 0.6 is 0 Å². The Morgan fingerprint density at radius 2 is 2.20 bits per heavy atom. The van der Waals surface area contributed by atoms with Crippen molar-refractivity contribution in [3.05, 3.63) is 53.3 Å². The number of rotatable bonds is 4. The number of amides is 1. The van der Waals surface area contributed by atoms with Crippen LogP contribution in [0, 0.1) is 6.92 Å². The lowest BCUT2D eigenvalue weighted by molar-refractivity contribution is 0.0987. The van der Waals surface area contributed by atoms with Gasteiger partial charge in [-0.05, 0) is 44.0 Å². The highest BCUT2D eigenvalue weighted by Crippen LogP contribution is 2.33. The predicted octanol–water partition coefficient (Wildman–Crippen LogP) is 2.36. The Labute approximate surface area is 144 Å². The molecular formula is C18H19N5O2. The number of hydrogen-bond acceptors (Lipinski definition) is 6. The molecule has 1 aromatic carbocycles. The number of pyridine rings is 1. The largest absolute Gasteiger partial charge is 0.363 e. The third-order valence-corrected chi connectivity index (χ3v) is 4.61. The average Bonchev–Trinajstić information content (AvgIpc) is 3.23. The highest BCUT2D eigenvalue weighted by molar-refractivity contribution is 5.88. The molecule has 0 aliphatic carbocycles. The number of likely N-dealkylation sites (tertiary alicyclic amines) is 1. The molecule has 2 aromatic heterocycles. The fourth-order valence-corrected chi connectivity index (χ4v) is 3.51. The molecule has 7 nitrogen and oxygen atoms in total. The number of carbonyl (C=O) groups is 1. The second-order valence-corrected chi connectivity index (χ2v) is 6.39. The molecule has 25 heavy (non-hydrogen) atoms. The first kappa shape index (κ1) is 15.7. The third-order valence-electron chi connectivity index (χ3n) is 4.61. The first-order valence-electron chi connectivity index (χ1n) is 8.34. The first-order chi connectivity index (χ1) is 12.1. The highest BCUT2D eigenvalue weighted by atomic mass is 16.5. The van der Waals surface area contributed by atoms with Crippen molar-refractivity contribution >= 4 is 16.8 Å². The summed E-state index contributed by atoms with van der Waals surface area (Å²) >= 11 is 0. The molecule has 1 amide bonds. The van der Waals surface area contributed by atoms with Crippen molar-refractivity contribution in [2.45, 2.75) is 32.4 Å². The van der Waals surface area contributed by atoms with E-state index in [1.165, 1.54) is 5.56 Å². The van der Waals surface area contributed by atoms with Gasteiger partial charge in [-0.25, -0.2) is 0 Å². The monoisotopic (exact) mass is 337 g/mol. The molecule has 0 spiro atoms. The van der Waals surface area contributed by atoms with Crippen molar-refractivity contribution < 1.29 is 9.32 Å². The Morgan fingerprint density at radius 3 is 3.00 bits per heavy atom. The summed E-state index contributed by atoms with van der Waals surface area (Å²) in [5, 5.41) is 4.82. The standard InChI is InChI=1S/C18H19N5O2/c1-11-9-12(13-5-2-3-6-14(13)20-11)10-23-8-4-7-15(23)18-21-17(16(19)24)22-25-18/h2-3,5-6,9,15H,4,7-8,10H2,1H3,(H2,19,24)/t15-/m0/s1. The lowest BCUT2D eigenvalue weighted by atomic mass is 10.1. The molecule has 3 aromatic rings. The lowest BCUT2D eigenvalue weighted by Gasteiger charge is -2.22. The summed E-state index contributed by atoms with van der Waals surface area (Å²) in [6, 6.07) is 10.3. The number of primary amides is 1. The van der Waals surface area contributed by atoms with Gasteiger partial charge in [0.1, 0.15) is 0 Å². The van der Waals surface area contributed by atoms with Gasteiger partial charge in [-0.15, -0.1) is 0 Å². The van der Waals surface area contributed by atoms with Gasteiger partial charge in [0.15, 0.2) is 0 Å². The molecule has 1 fully saturated rings. The predicted molar refractivity (Wildman–Crippen MR) is 91.7 cm³/mol. The van der Waals surface area contributed by atoms with E-state index in [-0.39, 0.29) is 11.9 Å². The van der Waals surface area contributed by atoms with Gasteiger partial charge in [0.2, 0.25) is 5.89 Å². The summed E-state index contributed by atoms with van der Waals surface area (Å²) in [6.07, 6.45) is 1.96. The van der Waals surface area contributed by atoms with Crippen LogP contribution in [-0.4, -0.2) is 32.5 Å². The topological polar surface area (TPSA) is 98.1 Å². The quantitative estimate of drug-likeness (QED) is 0.785. The van der Waals surface area contributed by atoms with Gasteiger partial charge in [-0.1, -0.05) is 23.4 Å². The van der Waals surface area contributed by atoms with E-state index in [0.717, 1.165) is 42.5 Å². The van der Waals surface area contributed by atoms with E-state index in [1.807, 2.05) is 25.1 Å². The molecule has 1 aliphatic rings. The van der Waals surface area contributed by atoms with Crippen molar-refractivity contribution in [1.29, 1.82) is 0 Å². The molecule has 1 aliphatic heterocycles. The second-order valence-electron chi connectivity index (χ2n) is 6.39. The third kappa shape index (κ3) is 2.98. The fraction of sp³-hybridized carbons (Fsp3) is 0.333. The van der Waals surface area contributed by atoms with Crippen molar-refractivity contribution in [3.8, 4) is 0 Å². The number of para-hydroxylation sites is 1. The minimum Gasteiger partial charge on any atom is -0.363 e. The summed E-state index contributed by atoms with van der Waals surface area (Å²) in [4.78, 5) is 22.3. The maximum Gasteiger partial charge on any atom is 0.290 e. The summed E-state index contributed by atoms with van der Waals surface area (Å²) in [5.74, 6) is -0.274. The Morgan fingerprint density at radius 1 is 1.36 bits per heavy atom. The van der Waals surface area contributed by atoms with Crippen molar-refractivity contribution in [2.24, 2.45) is 5.73 Å². The van der Waals surface area contributed by atoms with E-state index in [2.05, 4.69) is 32.2 Å². The molecule has 3 heterocycles. The van der Waals surface area contributed by atoms with Gasteiger partial charge in [0.05, 0.1) is 11.6 Å². The van der Waals surface area contributed by atoms with E-state index in [0.29, 0.717) is 5.89 Å². The highest BCUT2D eigenvalue weighted by Gasteiger charge is 2.31. The van der Waals surface area contributed by atoms with Gasteiger partial charge >= 0.3 is 0 Å². The lowest BCUT2D eigenvalue weighted by Crippen LogP contribution is -2.23. The van der Waals surface area contributed by atoms with Crippen molar-refractivity contribution in [1.82, 2.24) is 20.0 Å². The SMILES string of the molecule is Cc1cc(CN2CCC[C@H]2c2nc(C(N)=O)no2)c2ccccc2n1. The number of carbonyl (C=O) groups excluding carboxylic acids is 1. The van der Waals surface area contributed by atoms with E-state index in [9.17, 15) is 4.79 Å². The number of nitrogens with zero attached hydrogens (tertiary/aromatic N) is 4. The molecule has 1 saturated heterocycles. The van der Waals surface area contributed by atoms with Crippen LogP contribution in [0.25, 0.3) is 10.9 Å². The second kappa shape index (κ2) is 6.25. The van der Waals surface area contributed by atoms with Gasteiger partial charge in [-0.3, -0.25) is 14.7 Å². The minimum atomic E-state index is -0.671. The zero-order valence-electron chi connectivity index (χ0n) is 14.0. The summed E-state index contributed by atoms with van der Waals surface area (Å²) in [7, 11) is 0. The minimum absolute atomic E-state index is 0.00725. The van der Waals surface area contributed by atoms with E-state index in [1.54, 1.807) is 0 Å². The van der Waals surface area contributed by atoms with Crippen LogP contribution in [0.15, 0.2) is 34.9 Å². The van der Waals surface area contributed by atoms with Crippen LogP contribution < -0.4 is 5.73 Å². The molecule has 0 unspecified atom stereocenters.